The molecule has 0 spiro atoms. The molecule has 0 bridgehead atoms. The molecule has 1 saturated carbocycles. The Kier molecular flexibility index (Phi) is 11.2. The Morgan fingerprint density at radius 2 is 1.81 bits per heavy atom. The fourth-order valence-electron chi connectivity index (χ4n) is 3.79. The van der Waals surface area contributed by atoms with Crippen molar-refractivity contribution >= 4 is 41.7 Å². The summed E-state index contributed by atoms with van der Waals surface area (Å²) >= 11 is 1.88. The van der Waals surface area contributed by atoms with Gasteiger partial charge in [0.25, 0.3) is 0 Å². The van der Waals surface area contributed by atoms with E-state index in [-0.39, 0.29) is 28.7 Å². The number of nitrogens with zero attached hydrogens (tertiary/aromatic N) is 2. The highest BCUT2D eigenvalue weighted by Crippen LogP contribution is 2.36. The summed E-state index contributed by atoms with van der Waals surface area (Å²) in [5, 5.41) is 7.14. The van der Waals surface area contributed by atoms with Gasteiger partial charge in [0.1, 0.15) is 0 Å². The summed E-state index contributed by atoms with van der Waals surface area (Å²) in [6.45, 7) is 11.6. The molecule has 1 aliphatic heterocycles. The van der Waals surface area contributed by atoms with Crippen LogP contribution in [0.15, 0.2) is 4.99 Å². The number of guanidine groups is 1. The van der Waals surface area contributed by atoms with Crippen molar-refractivity contribution < 1.29 is 4.74 Å². The van der Waals surface area contributed by atoms with Gasteiger partial charge >= 0.3 is 0 Å². The minimum absolute atomic E-state index is 0. The van der Waals surface area contributed by atoms with E-state index >= 15 is 0 Å². The minimum atomic E-state index is 0. The summed E-state index contributed by atoms with van der Waals surface area (Å²) in [6.07, 6.45) is 8.92. The molecule has 5 nitrogen and oxygen atoms in total. The summed E-state index contributed by atoms with van der Waals surface area (Å²) < 4.78 is 5.74. The van der Waals surface area contributed by atoms with E-state index in [9.17, 15) is 0 Å². The van der Waals surface area contributed by atoms with Gasteiger partial charge in [-0.15, -0.1) is 24.0 Å². The van der Waals surface area contributed by atoms with E-state index in [1.807, 2.05) is 18.8 Å². The zero-order valence-electron chi connectivity index (χ0n) is 17.1. The van der Waals surface area contributed by atoms with Gasteiger partial charge in [-0.25, -0.2) is 0 Å². The van der Waals surface area contributed by atoms with E-state index < -0.39 is 0 Å². The Morgan fingerprint density at radius 1 is 1.15 bits per heavy atom. The predicted octanol–water partition coefficient (Wildman–Crippen LogP) is 3.19. The normalized spacial score (nSPS) is 21.8. The smallest absolute Gasteiger partial charge is 0.191 e. The Bertz CT molecular complexity index is 422. The number of nitrogens with one attached hydrogen (secondary N) is 2. The maximum atomic E-state index is 5.52. The molecule has 0 amide bonds. The lowest BCUT2D eigenvalue weighted by atomic mass is 9.73. The molecule has 0 aromatic carbocycles. The van der Waals surface area contributed by atoms with E-state index in [4.69, 9.17) is 4.74 Å². The van der Waals surface area contributed by atoms with Crippen LogP contribution in [0.3, 0.4) is 0 Å². The van der Waals surface area contributed by atoms with E-state index in [1.165, 1.54) is 38.6 Å². The van der Waals surface area contributed by atoms with E-state index in [2.05, 4.69) is 40.6 Å². The quantitative estimate of drug-likeness (QED) is 0.321. The Balaban J connectivity index is 0.00000338. The molecule has 1 heterocycles. The van der Waals surface area contributed by atoms with E-state index in [0.717, 1.165) is 45.4 Å². The number of aliphatic imine (C=N–C) groups is 1. The van der Waals surface area contributed by atoms with Crippen molar-refractivity contribution in [3.63, 3.8) is 0 Å². The van der Waals surface area contributed by atoms with Crippen LogP contribution < -0.4 is 10.6 Å². The second kappa shape index (κ2) is 12.0. The van der Waals surface area contributed by atoms with Crippen molar-refractivity contribution in [3.8, 4) is 0 Å². The van der Waals surface area contributed by atoms with Gasteiger partial charge in [0.2, 0.25) is 0 Å². The summed E-state index contributed by atoms with van der Waals surface area (Å²) in [5.41, 5.74) is 0.377. The maximum absolute atomic E-state index is 5.52. The Hall–Kier alpha value is 0.270. The highest BCUT2D eigenvalue weighted by Gasteiger charge is 2.34. The molecule has 1 aliphatic carbocycles. The number of hydrogen-bond acceptors (Lipinski definition) is 4. The summed E-state index contributed by atoms with van der Waals surface area (Å²) in [4.78, 5) is 7.04. The third-order valence-corrected chi connectivity index (χ3v) is 6.92. The summed E-state index contributed by atoms with van der Waals surface area (Å²) in [5.74, 6) is 0.939. The van der Waals surface area contributed by atoms with Crippen LogP contribution in [0.25, 0.3) is 0 Å². The number of thioether (sulfide) groups is 1. The lowest BCUT2D eigenvalue weighted by Crippen LogP contribution is -2.52. The van der Waals surface area contributed by atoms with Gasteiger partial charge < -0.3 is 15.4 Å². The number of morpholine rings is 1. The molecule has 0 radical (unpaired) electrons. The first-order valence-corrected chi connectivity index (χ1v) is 11.0. The van der Waals surface area contributed by atoms with Crippen LogP contribution in [-0.4, -0.2) is 74.8 Å². The van der Waals surface area contributed by atoms with Crippen LogP contribution in [0.5, 0.6) is 0 Å². The molecule has 0 atom stereocenters. The SMILES string of the molecule is CN=C(NCC1(CN2CCOCC2)CCCCC1)NCC(C)(C)SC.I. The van der Waals surface area contributed by atoms with Crippen LogP contribution in [-0.2, 0) is 4.74 Å². The molecule has 0 aromatic rings. The number of hydrogen-bond donors (Lipinski definition) is 2. The second-order valence-corrected chi connectivity index (χ2v) is 9.71. The zero-order valence-corrected chi connectivity index (χ0v) is 20.3. The first kappa shape index (κ1) is 24.3. The van der Waals surface area contributed by atoms with Crippen LogP contribution in [0.2, 0.25) is 0 Å². The number of rotatable bonds is 7. The fraction of sp³-hybridized carbons (Fsp3) is 0.947. The molecule has 1 saturated heterocycles. The topological polar surface area (TPSA) is 48.9 Å². The van der Waals surface area contributed by atoms with E-state index in [0.29, 0.717) is 5.41 Å². The summed E-state index contributed by atoms with van der Waals surface area (Å²) in [6, 6.07) is 0. The fourth-order valence-corrected chi connectivity index (χ4v) is 4.00. The first-order chi connectivity index (χ1) is 12.0. The third kappa shape index (κ3) is 8.10. The van der Waals surface area contributed by atoms with Gasteiger partial charge in [0.15, 0.2) is 5.96 Å². The molecule has 2 N–H and O–H groups in total. The molecule has 0 aromatic heterocycles. The molecule has 2 aliphatic rings. The van der Waals surface area contributed by atoms with Crippen molar-refractivity contribution in [1.29, 1.82) is 0 Å². The van der Waals surface area contributed by atoms with Crippen molar-refractivity contribution in [2.75, 3.05) is 59.2 Å². The Morgan fingerprint density at radius 3 is 2.38 bits per heavy atom. The number of halogens is 1. The standard InChI is InChI=1S/C19H38N4OS.HI/c1-18(2,25-4)14-21-17(20-3)22-15-19(8-6-5-7-9-19)16-23-10-12-24-13-11-23;/h5-16H2,1-4H3,(H2,20,21,22);1H. The molecule has 0 unspecified atom stereocenters. The zero-order chi connectivity index (χ0) is 18.2. The molecule has 7 heteroatoms. The van der Waals surface area contributed by atoms with Gasteiger partial charge in [0.05, 0.1) is 13.2 Å². The van der Waals surface area contributed by atoms with Crippen molar-refractivity contribution in [2.45, 2.75) is 50.7 Å². The molecular formula is C19H39IN4OS. The summed E-state index contributed by atoms with van der Waals surface area (Å²) in [7, 11) is 1.87. The Labute approximate surface area is 181 Å². The number of ether oxygens (including phenoxy) is 1. The van der Waals surface area contributed by atoms with Gasteiger partial charge in [-0.1, -0.05) is 19.3 Å². The largest absolute Gasteiger partial charge is 0.379 e. The van der Waals surface area contributed by atoms with Crippen LogP contribution in [0, 0.1) is 5.41 Å². The highest BCUT2D eigenvalue weighted by molar-refractivity contribution is 14.0. The monoisotopic (exact) mass is 498 g/mol. The van der Waals surface area contributed by atoms with Gasteiger partial charge in [-0.05, 0) is 32.9 Å². The lowest BCUT2D eigenvalue weighted by molar-refractivity contribution is 0.00820. The van der Waals surface area contributed by atoms with Gasteiger partial charge in [0, 0.05) is 49.9 Å². The van der Waals surface area contributed by atoms with Crippen LogP contribution in [0.1, 0.15) is 46.0 Å². The highest BCUT2D eigenvalue weighted by atomic mass is 127. The molecule has 2 rings (SSSR count). The van der Waals surface area contributed by atoms with Gasteiger partial charge in [-0.2, -0.15) is 11.8 Å². The second-order valence-electron chi connectivity index (χ2n) is 8.19. The van der Waals surface area contributed by atoms with E-state index in [1.54, 1.807) is 0 Å². The third-order valence-electron chi connectivity index (χ3n) is 5.67. The average Bonchev–Trinajstić information content (AvgIpc) is 2.63. The van der Waals surface area contributed by atoms with Crippen LogP contribution in [0.4, 0.5) is 0 Å². The van der Waals surface area contributed by atoms with Crippen LogP contribution >= 0.6 is 35.7 Å². The molecular weight excluding hydrogens is 459 g/mol. The average molecular weight is 499 g/mol. The maximum Gasteiger partial charge on any atom is 0.191 e. The van der Waals surface area contributed by atoms with Gasteiger partial charge in [-0.3, -0.25) is 9.89 Å². The molecule has 26 heavy (non-hydrogen) atoms. The van der Waals surface area contributed by atoms with Crippen molar-refractivity contribution in [3.05, 3.63) is 0 Å². The molecule has 2 fully saturated rings. The van der Waals surface area contributed by atoms with Crippen molar-refractivity contribution in [1.82, 2.24) is 15.5 Å². The predicted molar refractivity (Wildman–Crippen MR) is 125 cm³/mol. The first-order valence-electron chi connectivity index (χ1n) is 9.78. The minimum Gasteiger partial charge on any atom is -0.379 e. The lowest BCUT2D eigenvalue weighted by Gasteiger charge is -2.42. The molecule has 154 valence electrons. The van der Waals surface area contributed by atoms with Crippen molar-refractivity contribution in [2.24, 2.45) is 10.4 Å².